The summed E-state index contributed by atoms with van der Waals surface area (Å²) in [7, 11) is 0. The molecule has 1 atom stereocenters. The van der Waals surface area contributed by atoms with E-state index in [0.29, 0.717) is 21.8 Å². The molecule has 0 saturated carbocycles. The van der Waals surface area contributed by atoms with E-state index in [9.17, 15) is 4.79 Å². The number of aromatic nitrogens is 2. The van der Waals surface area contributed by atoms with Gasteiger partial charge in [-0.05, 0) is 36.5 Å². The van der Waals surface area contributed by atoms with Crippen LogP contribution in [0.25, 0.3) is 10.2 Å². The first-order chi connectivity index (χ1) is 12.1. The Labute approximate surface area is 152 Å². The highest BCUT2D eigenvalue weighted by Crippen LogP contribution is 2.35. The Morgan fingerprint density at radius 2 is 2.32 bits per heavy atom. The molecule has 0 bridgehead atoms. The minimum Gasteiger partial charge on any atom is -0.390 e. The first kappa shape index (κ1) is 16.2. The third-order valence-electron chi connectivity index (χ3n) is 4.25. The first-order valence-electron chi connectivity index (χ1n) is 8.03. The van der Waals surface area contributed by atoms with Crippen LogP contribution < -0.4 is 21.7 Å². The molecule has 0 aliphatic carbocycles. The molecule has 25 heavy (non-hydrogen) atoms. The molecule has 0 unspecified atom stereocenters. The van der Waals surface area contributed by atoms with Crippen molar-refractivity contribution < 1.29 is 4.79 Å². The van der Waals surface area contributed by atoms with Crippen molar-refractivity contribution in [1.82, 2.24) is 9.36 Å². The fourth-order valence-electron chi connectivity index (χ4n) is 3.09. The van der Waals surface area contributed by atoms with Crippen LogP contribution in [0, 0.1) is 0 Å². The number of carbonyl (C=O) groups excluding carboxylic acids is 1. The van der Waals surface area contributed by atoms with E-state index in [1.807, 2.05) is 12.1 Å². The van der Waals surface area contributed by atoms with Gasteiger partial charge < -0.3 is 21.7 Å². The average molecular weight is 374 g/mol. The van der Waals surface area contributed by atoms with Crippen molar-refractivity contribution in [3.05, 3.63) is 30.1 Å². The lowest BCUT2D eigenvalue weighted by Gasteiger charge is -2.31. The smallest absolute Gasteiger partial charge is 0.261 e. The van der Waals surface area contributed by atoms with E-state index in [1.54, 1.807) is 12.4 Å². The van der Waals surface area contributed by atoms with Gasteiger partial charge in [0.2, 0.25) is 0 Å². The molecule has 1 fully saturated rings. The molecule has 7 nitrogen and oxygen atoms in total. The zero-order valence-corrected chi connectivity index (χ0v) is 15.1. The van der Waals surface area contributed by atoms with Gasteiger partial charge in [0, 0.05) is 25.3 Å². The van der Waals surface area contributed by atoms with Crippen LogP contribution >= 0.6 is 22.9 Å². The van der Waals surface area contributed by atoms with Crippen LogP contribution in [0.4, 0.5) is 15.7 Å². The van der Waals surface area contributed by atoms with Crippen LogP contribution in [0.2, 0.25) is 0 Å². The normalized spacial score (nSPS) is 17.8. The molecule has 4 heterocycles. The number of hydrogen-bond acceptors (Lipinski definition) is 8. The van der Waals surface area contributed by atoms with Gasteiger partial charge in [-0.1, -0.05) is 0 Å². The maximum Gasteiger partial charge on any atom is 0.261 e. The van der Waals surface area contributed by atoms with E-state index in [2.05, 4.69) is 19.6 Å². The third-order valence-corrected chi connectivity index (χ3v) is 6.08. The maximum absolute atomic E-state index is 12.8. The van der Waals surface area contributed by atoms with Crippen LogP contribution in [0.5, 0.6) is 0 Å². The number of nitrogen functional groups attached to an aromatic ring is 1. The second-order valence-electron chi connectivity index (χ2n) is 6.04. The molecule has 1 amide bonds. The van der Waals surface area contributed by atoms with Crippen molar-refractivity contribution in [2.24, 2.45) is 5.73 Å². The predicted molar refractivity (Wildman–Crippen MR) is 104 cm³/mol. The quantitative estimate of drug-likeness (QED) is 0.650. The lowest BCUT2D eigenvalue weighted by Crippen LogP contribution is -2.42. The van der Waals surface area contributed by atoms with Crippen molar-refractivity contribution in [2.75, 3.05) is 29.0 Å². The van der Waals surface area contributed by atoms with Gasteiger partial charge in [-0.2, -0.15) is 4.37 Å². The summed E-state index contributed by atoms with van der Waals surface area (Å²) in [4.78, 5) is 19.3. The van der Waals surface area contributed by atoms with Gasteiger partial charge in [-0.25, -0.2) is 0 Å². The van der Waals surface area contributed by atoms with Crippen molar-refractivity contribution >= 4 is 54.7 Å². The summed E-state index contributed by atoms with van der Waals surface area (Å²) >= 11 is 2.73. The van der Waals surface area contributed by atoms with Crippen LogP contribution in [0.3, 0.4) is 0 Å². The zero-order chi connectivity index (χ0) is 17.4. The fraction of sp³-hybridized carbons (Fsp3) is 0.312. The SMILES string of the molecule is Nc1sc2cccnc2c1C(=O)Nc1cnsc1N1CCC[C@@H](N)C1. The molecule has 130 valence electrons. The zero-order valence-electron chi connectivity index (χ0n) is 13.4. The molecule has 5 N–H and O–H groups in total. The van der Waals surface area contributed by atoms with Crippen molar-refractivity contribution in [1.29, 1.82) is 0 Å². The number of carbonyl (C=O) groups is 1. The predicted octanol–water partition coefficient (Wildman–Crippen LogP) is 2.51. The van der Waals surface area contributed by atoms with E-state index in [-0.39, 0.29) is 11.9 Å². The second-order valence-corrected chi connectivity index (χ2v) is 7.90. The van der Waals surface area contributed by atoms with Gasteiger partial charge in [0.15, 0.2) is 0 Å². The molecule has 1 aliphatic rings. The number of pyridine rings is 1. The fourth-order valence-corrected chi connectivity index (χ4v) is 4.76. The molecule has 4 rings (SSSR count). The number of amides is 1. The maximum atomic E-state index is 12.8. The Bertz CT molecular complexity index is 920. The summed E-state index contributed by atoms with van der Waals surface area (Å²) in [6.07, 6.45) is 5.41. The summed E-state index contributed by atoms with van der Waals surface area (Å²) in [6, 6.07) is 3.90. The molecule has 1 saturated heterocycles. The minimum atomic E-state index is -0.259. The number of piperidine rings is 1. The Hall–Kier alpha value is -2.23. The molecule has 0 spiro atoms. The van der Waals surface area contributed by atoms with E-state index in [1.165, 1.54) is 22.9 Å². The van der Waals surface area contributed by atoms with Gasteiger partial charge in [0.25, 0.3) is 5.91 Å². The number of thiophene rings is 1. The highest BCUT2D eigenvalue weighted by molar-refractivity contribution is 7.23. The molecular formula is C16H18N6OS2. The van der Waals surface area contributed by atoms with Crippen LogP contribution in [-0.2, 0) is 0 Å². The lowest BCUT2D eigenvalue weighted by molar-refractivity contribution is 0.102. The van der Waals surface area contributed by atoms with Crippen molar-refractivity contribution in [3.8, 4) is 0 Å². The Morgan fingerprint density at radius 1 is 1.44 bits per heavy atom. The van der Waals surface area contributed by atoms with Crippen molar-refractivity contribution in [2.45, 2.75) is 18.9 Å². The second kappa shape index (κ2) is 6.58. The summed E-state index contributed by atoms with van der Waals surface area (Å²) in [5.41, 5.74) is 13.9. The first-order valence-corrected chi connectivity index (χ1v) is 9.62. The Kier molecular flexibility index (Phi) is 4.28. The number of nitrogens with one attached hydrogen (secondary N) is 1. The van der Waals surface area contributed by atoms with Gasteiger partial charge in [0.05, 0.1) is 22.1 Å². The molecule has 0 aromatic carbocycles. The summed E-state index contributed by atoms with van der Waals surface area (Å²) < 4.78 is 5.14. The van der Waals surface area contributed by atoms with E-state index in [0.717, 1.165) is 35.6 Å². The molecule has 3 aromatic heterocycles. The van der Waals surface area contributed by atoms with Crippen molar-refractivity contribution in [3.63, 3.8) is 0 Å². The van der Waals surface area contributed by atoms with Gasteiger partial charge in [-0.15, -0.1) is 11.3 Å². The standard InChI is InChI=1S/C16H18N6OS2/c17-9-3-2-6-22(8-9)16-10(7-20-25-16)21-15(23)12-13-11(24-14(12)18)4-1-5-19-13/h1,4-5,7,9H,2-3,6,8,17-18H2,(H,21,23)/t9-/m1/s1. The van der Waals surface area contributed by atoms with E-state index in [4.69, 9.17) is 11.5 Å². The minimum absolute atomic E-state index is 0.153. The Balaban J connectivity index is 1.61. The molecule has 0 radical (unpaired) electrons. The number of nitrogens with two attached hydrogens (primary N) is 2. The summed E-state index contributed by atoms with van der Waals surface area (Å²) in [5, 5.41) is 4.36. The summed E-state index contributed by atoms with van der Waals surface area (Å²) in [5.74, 6) is -0.259. The average Bonchev–Trinajstić information content (AvgIpc) is 3.17. The van der Waals surface area contributed by atoms with Gasteiger partial charge >= 0.3 is 0 Å². The third kappa shape index (κ3) is 3.06. The van der Waals surface area contributed by atoms with E-state index >= 15 is 0 Å². The Morgan fingerprint density at radius 3 is 3.16 bits per heavy atom. The lowest BCUT2D eigenvalue weighted by atomic mass is 10.1. The number of anilines is 3. The van der Waals surface area contributed by atoms with Gasteiger partial charge in [-0.3, -0.25) is 9.78 Å². The largest absolute Gasteiger partial charge is 0.390 e. The van der Waals surface area contributed by atoms with Crippen LogP contribution in [0.15, 0.2) is 24.5 Å². The number of rotatable bonds is 3. The molecular weight excluding hydrogens is 356 g/mol. The molecule has 1 aliphatic heterocycles. The highest BCUT2D eigenvalue weighted by atomic mass is 32.1. The summed E-state index contributed by atoms with van der Waals surface area (Å²) in [6.45, 7) is 1.69. The van der Waals surface area contributed by atoms with Gasteiger partial charge in [0.1, 0.15) is 15.6 Å². The highest BCUT2D eigenvalue weighted by Gasteiger charge is 2.24. The molecule has 3 aromatic rings. The number of nitrogens with zero attached hydrogens (tertiary/aromatic N) is 3. The topological polar surface area (TPSA) is 110 Å². The van der Waals surface area contributed by atoms with Crippen LogP contribution in [0.1, 0.15) is 23.2 Å². The number of hydrogen-bond donors (Lipinski definition) is 3. The molecule has 9 heteroatoms. The monoisotopic (exact) mass is 374 g/mol. The van der Waals surface area contributed by atoms with Crippen LogP contribution in [-0.4, -0.2) is 34.4 Å². The number of fused-ring (bicyclic) bond motifs is 1. The van der Waals surface area contributed by atoms with E-state index < -0.39 is 0 Å².